The average molecular weight is 328 g/mol. The Morgan fingerprint density at radius 3 is 2.60 bits per heavy atom. The molecule has 20 heavy (non-hydrogen) atoms. The van der Waals surface area contributed by atoms with Crippen molar-refractivity contribution in [2.45, 2.75) is 13.8 Å². The molecule has 1 heterocycles. The van der Waals surface area contributed by atoms with Gasteiger partial charge in [-0.2, -0.15) is 0 Å². The van der Waals surface area contributed by atoms with Crippen molar-refractivity contribution in [3.63, 3.8) is 0 Å². The number of carbonyl (C=O) groups excluding carboxylic acids is 1. The Bertz CT molecular complexity index is 817. The maximum absolute atomic E-state index is 12.8. The van der Waals surface area contributed by atoms with Gasteiger partial charge in [0.2, 0.25) is 0 Å². The van der Waals surface area contributed by atoms with Gasteiger partial charge in [0.1, 0.15) is 0 Å². The van der Waals surface area contributed by atoms with E-state index in [0.717, 1.165) is 37.6 Å². The lowest BCUT2D eigenvalue weighted by Crippen LogP contribution is -2.03. The third-order valence-electron chi connectivity index (χ3n) is 3.59. The maximum atomic E-state index is 12.8. The van der Waals surface area contributed by atoms with Crippen molar-refractivity contribution in [3.05, 3.63) is 69.3 Å². The number of aryl methyl sites for hydroxylation is 2. The van der Waals surface area contributed by atoms with Crippen LogP contribution in [-0.4, -0.2) is 10.8 Å². The van der Waals surface area contributed by atoms with Gasteiger partial charge in [0, 0.05) is 32.7 Å². The highest BCUT2D eigenvalue weighted by molar-refractivity contribution is 9.10. The van der Waals surface area contributed by atoms with Crippen molar-refractivity contribution in [1.29, 1.82) is 0 Å². The second-order valence-electron chi connectivity index (χ2n) is 4.99. The zero-order valence-electron chi connectivity index (χ0n) is 11.3. The summed E-state index contributed by atoms with van der Waals surface area (Å²) in [4.78, 5) is 16.0. The molecule has 0 unspecified atom stereocenters. The van der Waals surface area contributed by atoms with E-state index in [-0.39, 0.29) is 5.78 Å². The molecule has 0 saturated carbocycles. The van der Waals surface area contributed by atoms with Crippen molar-refractivity contribution in [3.8, 4) is 0 Å². The summed E-state index contributed by atoms with van der Waals surface area (Å²) in [6.07, 6.45) is 1.81. The Labute approximate surface area is 126 Å². The number of rotatable bonds is 2. The molecule has 1 N–H and O–H groups in total. The van der Waals surface area contributed by atoms with E-state index in [9.17, 15) is 4.79 Å². The summed E-state index contributed by atoms with van der Waals surface area (Å²) < 4.78 is 0.988. The second kappa shape index (κ2) is 4.91. The van der Waals surface area contributed by atoms with Crippen molar-refractivity contribution in [2.24, 2.45) is 0 Å². The molecule has 0 atom stereocenters. The van der Waals surface area contributed by atoms with E-state index in [1.54, 1.807) is 0 Å². The molecular weight excluding hydrogens is 314 g/mol. The normalized spacial score (nSPS) is 10.9. The summed E-state index contributed by atoms with van der Waals surface area (Å²) in [6, 6.07) is 11.8. The van der Waals surface area contributed by atoms with E-state index in [2.05, 4.69) is 20.9 Å². The van der Waals surface area contributed by atoms with Crippen LogP contribution in [0.15, 0.2) is 47.1 Å². The number of carbonyl (C=O) groups is 1. The lowest BCUT2D eigenvalue weighted by atomic mass is 9.97. The number of benzene rings is 2. The van der Waals surface area contributed by atoms with Crippen molar-refractivity contribution < 1.29 is 4.79 Å². The van der Waals surface area contributed by atoms with Crippen LogP contribution >= 0.6 is 15.9 Å². The standard InChI is InChI=1S/C17H14BrNO/c1-10-4-3-5-15-16(10)14(9-19-15)17(20)13-7-6-12(18)8-11(13)2/h3-9,19H,1-2H3. The van der Waals surface area contributed by atoms with Crippen LogP contribution in [-0.2, 0) is 0 Å². The molecule has 0 radical (unpaired) electrons. The minimum absolute atomic E-state index is 0.0653. The molecule has 0 saturated heterocycles. The van der Waals surface area contributed by atoms with Crippen LogP contribution in [0.4, 0.5) is 0 Å². The fourth-order valence-electron chi connectivity index (χ4n) is 2.57. The SMILES string of the molecule is Cc1cc(Br)ccc1C(=O)c1c[nH]c2cccc(C)c12. The first-order chi connectivity index (χ1) is 9.58. The van der Waals surface area contributed by atoms with Crippen LogP contribution in [0.1, 0.15) is 27.0 Å². The molecule has 0 aliphatic heterocycles. The van der Waals surface area contributed by atoms with Gasteiger partial charge in [0.15, 0.2) is 5.78 Å². The molecule has 100 valence electrons. The molecule has 2 nitrogen and oxygen atoms in total. The Balaban J connectivity index is 2.18. The highest BCUT2D eigenvalue weighted by atomic mass is 79.9. The topological polar surface area (TPSA) is 32.9 Å². The quantitative estimate of drug-likeness (QED) is 0.675. The lowest BCUT2D eigenvalue weighted by Gasteiger charge is -2.06. The first-order valence-corrected chi connectivity index (χ1v) is 7.25. The van der Waals surface area contributed by atoms with E-state index in [1.165, 1.54) is 0 Å². The van der Waals surface area contributed by atoms with Crippen LogP contribution in [0.3, 0.4) is 0 Å². The molecule has 3 aromatic rings. The molecule has 0 fully saturated rings. The molecule has 0 aliphatic rings. The van der Waals surface area contributed by atoms with E-state index in [4.69, 9.17) is 0 Å². The fourth-order valence-corrected chi connectivity index (χ4v) is 3.05. The number of nitrogens with one attached hydrogen (secondary N) is 1. The Kier molecular flexibility index (Phi) is 3.22. The fraction of sp³-hybridized carbons (Fsp3) is 0.118. The van der Waals surface area contributed by atoms with Gasteiger partial charge in [-0.3, -0.25) is 4.79 Å². The zero-order chi connectivity index (χ0) is 14.3. The van der Waals surface area contributed by atoms with Crippen LogP contribution in [0.2, 0.25) is 0 Å². The first kappa shape index (κ1) is 13.1. The van der Waals surface area contributed by atoms with Gasteiger partial charge in [0.25, 0.3) is 0 Å². The molecule has 0 amide bonds. The number of hydrogen-bond donors (Lipinski definition) is 1. The number of fused-ring (bicyclic) bond motifs is 1. The lowest BCUT2D eigenvalue weighted by molar-refractivity contribution is 0.103. The third-order valence-corrected chi connectivity index (χ3v) is 4.09. The number of H-pyrrole nitrogens is 1. The smallest absolute Gasteiger partial charge is 0.195 e. The minimum atomic E-state index is 0.0653. The number of halogens is 1. The zero-order valence-corrected chi connectivity index (χ0v) is 12.9. The predicted molar refractivity (Wildman–Crippen MR) is 85.3 cm³/mol. The maximum Gasteiger partial charge on any atom is 0.195 e. The minimum Gasteiger partial charge on any atom is -0.360 e. The van der Waals surface area contributed by atoms with Crippen molar-refractivity contribution in [2.75, 3.05) is 0 Å². The Hall–Kier alpha value is -1.87. The van der Waals surface area contributed by atoms with Gasteiger partial charge in [-0.1, -0.05) is 28.1 Å². The molecule has 3 heteroatoms. The number of aromatic nitrogens is 1. The van der Waals surface area contributed by atoms with Crippen LogP contribution < -0.4 is 0 Å². The first-order valence-electron chi connectivity index (χ1n) is 6.45. The van der Waals surface area contributed by atoms with E-state index in [0.29, 0.717) is 0 Å². The van der Waals surface area contributed by atoms with Crippen LogP contribution in [0, 0.1) is 13.8 Å². The monoisotopic (exact) mass is 327 g/mol. The van der Waals surface area contributed by atoms with E-state index < -0.39 is 0 Å². The van der Waals surface area contributed by atoms with Gasteiger partial charge >= 0.3 is 0 Å². The summed E-state index contributed by atoms with van der Waals surface area (Å²) in [5, 5.41) is 1.01. The van der Waals surface area contributed by atoms with Crippen molar-refractivity contribution in [1.82, 2.24) is 4.98 Å². The second-order valence-corrected chi connectivity index (χ2v) is 5.90. The predicted octanol–water partition coefficient (Wildman–Crippen LogP) is 4.78. The molecule has 3 rings (SSSR count). The van der Waals surface area contributed by atoms with Crippen LogP contribution in [0.25, 0.3) is 10.9 Å². The van der Waals surface area contributed by atoms with E-state index >= 15 is 0 Å². The summed E-state index contributed by atoms with van der Waals surface area (Å²) in [6.45, 7) is 3.99. The van der Waals surface area contributed by atoms with E-state index in [1.807, 2.05) is 56.4 Å². The molecule has 0 aliphatic carbocycles. The largest absolute Gasteiger partial charge is 0.360 e. The summed E-state index contributed by atoms with van der Waals surface area (Å²) in [5.74, 6) is 0.0653. The number of aromatic amines is 1. The van der Waals surface area contributed by atoms with Gasteiger partial charge in [-0.25, -0.2) is 0 Å². The van der Waals surface area contributed by atoms with Gasteiger partial charge in [0.05, 0.1) is 0 Å². The number of hydrogen-bond acceptors (Lipinski definition) is 1. The average Bonchev–Trinajstić information content (AvgIpc) is 2.83. The van der Waals surface area contributed by atoms with Gasteiger partial charge in [-0.15, -0.1) is 0 Å². The molecule has 2 aromatic carbocycles. The third kappa shape index (κ3) is 2.08. The van der Waals surface area contributed by atoms with Gasteiger partial charge < -0.3 is 4.98 Å². The molecular formula is C17H14BrNO. The highest BCUT2D eigenvalue weighted by Gasteiger charge is 2.17. The molecule has 0 spiro atoms. The van der Waals surface area contributed by atoms with Gasteiger partial charge in [-0.05, 0) is 49.2 Å². The number of ketones is 1. The summed E-state index contributed by atoms with van der Waals surface area (Å²) >= 11 is 3.43. The highest BCUT2D eigenvalue weighted by Crippen LogP contribution is 2.26. The van der Waals surface area contributed by atoms with Crippen LogP contribution in [0.5, 0.6) is 0 Å². The Morgan fingerprint density at radius 2 is 1.85 bits per heavy atom. The summed E-state index contributed by atoms with van der Waals surface area (Å²) in [5.41, 5.74) is 4.58. The van der Waals surface area contributed by atoms with Crippen molar-refractivity contribution >= 4 is 32.6 Å². The summed E-state index contributed by atoms with van der Waals surface area (Å²) in [7, 11) is 0. The molecule has 1 aromatic heterocycles. The molecule has 0 bridgehead atoms. The Morgan fingerprint density at radius 1 is 1.05 bits per heavy atom.